The van der Waals surface area contributed by atoms with Gasteiger partial charge in [0.25, 0.3) is 0 Å². The van der Waals surface area contributed by atoms with E-state index in [1.54, 1.807) is 6.92 Å². The first kappa shape index (κ1) is 12.9. The molecule has 7 heteroatoms. The lowest BCUT2D eigenvalue weighted by molar-refractivity contribution is 0.0692. The van der Waals surface area contributed by atoms with E-state index in [0.29, 0.717) is 5.75 Å². The van der Waals surface area contributed by atoms with Crippen LogP contribution < -0.4 is 4.72 Å². The second-order valence-corrected chi connectivity index (χ2v) is 4.68. The summed E-state index contributed by atoms with van der Waals surface area (Å²) in [6, 6.07) is 2.21. The highest BCUT2D eigenvalue weighted by Crippen LogP contribution is 2.28. The minimum atomic E-state index is -1.46. The van der Waals surface area contributed by atoms with Crippen molar-refractivity contribution in [2.75, 3.05) is 10.5 Å². The second-order valence-electron chi connectivity index (χ2n) is 2.83. The third-order valence-electron chi connectivity index (χ3n) is 1.79. The molecule has 0 fully saturated rings. The van der Waals surface area contributed by atoms with Crippen molar-refractivity contribution in [2.45, 2.75) is 6.92 Å². The van der Waals surface area contributed by atoms with Crippen LogP contribution in [0.4, 0.5) is 10.1 Å². The molecule has 0 aliphatic heterocycles. The summed E-state index contributed by atoms with van der Waals surface area (Å²) in [6.45, 7) is 1.68. The summed E-state index contributed by atoms with van der Waals surface area (Å²) in [5, 5.41) is 8.45. The number of nitrogens with one attached hydrogen (secondary N) is 1. The molecule has 2 N–H and O–H groups in total. The zero-order chi connectivity index (χ0) is 12.3. The average Bonchev–Trinajstić information content (AvgIpc) is 2.21. The molecule has 1 unspecified atom stereocenters. The highest BCUT2D eigenvalue weighted by Gasteiger charge is 2.18. The van der Waals surface area contributed by atoms with Crippen LogP contribution >= 0.6 is 11.6 Å². The van der Waals surface area contributed by atoms with Gasteiger partial charge in [-0.1, -0.05) is 18.5 Å². The summed E-state index contributed by atoms with van der Waals surface area (Å²) in [5.41, 5.74) is -0.486. The summed E-state index contributed by atoms with van der Waals surface area (Å²) in [4.78, 5) is 10.7. The molecular formula is C9H9ClFNO3S. The highest BCUT2D eigenvalue weighted by molar-refractivity contribution is 7.86. The first-order chi connectivity index (χ1) is 7.47. The maximum absolute atomic E-state index is 13.1. The van der Waals surface area contributed by atoms with Gasteiger partial charge in [-0.3, -0.25) is 0 Å². The Hall–Kier alpha value is -1.14. The van der Waals surface area contributed by atoms with Gasteiger partial charge in [-0.25, -0.2) is 13.4 Å². The molecule has 1 rings (SSSR count). The molecule has 88 valence electrons. The van der Waals surface area contributed by atoms with Gasteiger partial charge in [-0.2, -0.15) is 0 Å². The van der Waals surface area contributed by atoms with Crippen molar-refractivity contribution < 1.29 is 18.5 Å². The SMILES string of the molecule is CCS(=O)Nc1ccc(F)c(C(=O)O)c1Cl. The zero-order valence-corrected chi connectivity index (χ0v) is 9.86. The largest absolute Gasteiger partial charge is 0.478 e. The first-order valence-electron chi connectivity index (χ1n) is 4.33. The van der Waals surface area contributed by atoms with Crippen LogP contribution in [0.2, 0.25) is 5.02 Å². The molecule has 1 aromatic carbocycles. The molecule has 0 aliphatic rings. The molecule has 4 nitrogen and oxygen atoms in total. The highest BCUT2D eigenvalue weighted by atomic mass is 35.5. The number of hydrogen-bond donors (Lipinski definition) is 2. The van der Waals surface area contributed by atoms with Crippen LogP contribution in [-0.4, -0.2) is 21.0 Å². The molecule has 0 amide bonds. The molecule has 0 aromatic heterocycles. The van der Waals surface area contributed by atoms with E-state index in [1.807, 2.05) is 0 Å². The lowest BCUT2D eigenvalue weighted by atomic mass is 10.2. The maximum atomic E-state index is 13.1. The molecule has 0 bridgehead atoms. The number of halogens is 2. The fourth-order valence-corrected chi connectivity index (χ4v) is 1.92. The summed E-state index contributed by atoms with van der Waals surface area (Å²) >= 11 is 5.69. The van der Waals surface area contributed by atoms with Crippen molar-refractivity contribution in [2.24, 2.45) is 0 Å². The van der Waals surface area contributed by atoms with Gasteiger partial charge in [0.15, 0.2) is 0 Å². The van der Waals surface area contributed by atoms with Gasteiger partial charge in [0.1, 0.15) is 22.4 Å². The molecule has 1 atom stereocenters. The smallest absolute Gasteiger partial charge is 0.340 e. The van der Waals surface area contributed by atoms with Crippen LogP contribution in [0.25, 0.3) is 0 Å². The normalized spacial score (nSPS) is 12.2. The van der Waals surface area contributed by atoms with Gasteiger partial charge in [-0.05, 0) is 12.1 Å². The zero-order valence-electron chi connectivity index (χ0n) is 8.29. The quantitative estimate of drug-likeness (QED) is 0.878. The molecule has 0 spiro atoms. The van der Waals surface area contributed by atoms with Gasteiger partial charge in [0.05, 0.1) is 10.7 Å². The van der Waals surface area contributed by atoms with Gasteiger partial charge in [0.2, 0.25) is 0 Å². The Morgan fingerprint density at radius 2 is 2.25 bits per heavy atom. The van der Waals surface area contributed by atoms with Crippen molar-refractivity contribution >= 4 is 34.2 Å². The second kappa shape index (κ2) is 5.27. The minimum Gasteiger partial charge on any atom is -0.478 e. The molecule has 0 saturated heterocycles. The number of benzene rings is 1. The molecular weight excluding hydrogens is 257 g/mol. The first-order valence-corrected chi connectivity index (χ1v) is 6.03. The summed E-state index contributed by atoms with van der Waals surface area (Å²) in [5.74, 6) is -2.06. The summed E-state index contributed by atoms with van der Waals surface area (Å²) < 4.78 is 26.8. The van der Waals surface area contributed by atoms with Crippen LogP contribution in [0.15, 0.2) is 12.1 Å². The van der Waals surface area contributed by atoms with E-state index < -0.39 is 28.3 Å². The summed E-state index contributed by atoms with van der Waals surface area (Å²) in [7, 11) is -1.37. The number of anilines is 1. The molecule has 16 heavy (non-hydrogen) atoms. The number of carbonyl (C=O) groups is 1. The molecule has 0 saturated carbocycles. The lowest BCUT2D eigenvalue weighted by Crippen LogP contribution is -2.09. The predicted octanol–water partition coefficient (Wildman–Crippen LogP) is 2.27. The van der Waals surface area contributed by atoms with Crippen molar-refractivity contribution in [1.82, 2.24) is 0 Å². The van der Waals surface area contributed by atoms with E-state index in [2.05, 4.69) is 4.72 Å². The van der Waals surface area contributed by atoms with Crippen LogP contribution in [0.5, 0.6) is 0 Å². The Labute approximate surface area is 99.0 Å². The van der Waals surface area contributed by atoms with Crippen LogP contribution in [0.1, 0.15) is 17.3 Å². The lowest BCUT2D eigenvalue weighted by Gasteiger charge is -2.09. The van der Waals surface area contributed by atoms with Crippen LogP contribution in [0.3, 0.4) is 0 Å². The monoisotopic (exact) mass is 265 g/mol. The Morgan fingerprint density at radius 3 is 2.75 bits per heavy atom. The average molecular weight is 266 g/mol. The van der Waals surface area contributed by atoms with Gasteiger partial charge in [0, 0.05) is 5.75 Å². The minimum absolute atomic E-state index is 0.139. The van der Waals surface area contributed by atoms with Gasteiger partial charge >= 0.3 is 5.97 Å². The van der Waals surface area contributed by atoms with E-state index in [0.717, 1.165) is 6.07 Å². The van der Waals surface area contributed by atoms with Crippen LogP contribution in [-0.2, 0) is 11.0 Å². The topological polar surface area (TPSA) is 66.4 Å². The van der Waals surface area contributed by atoms with Crippen molar-refractivity contribution in [3.05, 3.63) is 28.5 Å². The summed E-state index contributed by atoms with van der Waals surface area (Å²) in [6.07, 6.45) is 0. The fraction of sp³-hybridized carbons (Fsp3) is 0.222. The van der Waals surface area contributed by atoms with Crippen LogP contribution in [0, 0.1) is 5.82 Å². The van der Waals surface area contributed by atoms with Gasteiger partial charge in [-0.15, -0.1) is 0 Å². The molecule has 0 radical (unpaired) electrons. The molecule has 1 aromatic rings. The predicted molar refractivity (Wildman–Crippen MR) is 60.7 cm³/mol. The Bertz CT molecular complexity index is 453. The van der Waals surface area contributed by atoms with Gasteiger partial charge < -0.3 is 9.83 Å². The Balaban J connectivity index is 3.18. The third-order valence-corrected chi connectivity index (χ3v) is 3.16. The fourth-order valence-electron chi connectivity index (χ4n) is 1.02. The van der Waals surface area contributed by atoms with E-state index >= 15 is 0 Å². The Morgan fingerprint density at radius 1 is 1.62 bits per heavy atom. The number of rotatable bonds is 4. The van der Waals surface area contributed by atoms with Crippen molar-refractivity contribution in [3.8, 4) is 0 Å². The number of carboxylic acid groups (broad SMARTS) is 1. The number of carboxylic acids is 1. The third kappa shape index (κ3) is 2.70. The molecule has 0 heterocycles. The Kier molecular flexibility index (Phi) is 4.26. The van der Waals surface area contributed by atoms with E-state index in [4.69, 9.17) is 16.7 Å². The van der Waals surface area contributed by atoms with E-state index in [1.165, 1.54) is 6.07 Å². The van der Waals surface area contributed by atoms with E-state index in [9.17, 15) is 13.4 Å². The van der Waals surface area contributed by atoms with E-state index in [-0.39, 0.29) is 10.7 Å². The standard InChI is InChI=1S/C9H9ClFNO3S/c1-2-16(15)12-6-4-3-5(11)7(8(6)10)9(13)14/h3-4,12H,2H2,1H3,(H,13,14). The number of aromatic carboxylic acids is 1. The maximum Gasteiger partial charge on any atom is 0.340 e. The molecule has 0 aliphatic carbocycles. The van der Waals surface area contributed by atoms with Crippen molar-refractivity contribution in [1.29, 1.82) is 0 Å². The number of hydrogen-bond acceptors (Lipinski definition) is 2. The van der Waals surface area contributed by atoms with Crippen molar-refractivity contribution in [3.63, 3.8) is 0 Å².